The summed E-state index contributed by atoms with van der Waals surface area (Å²) < 4.78 is 0. The second-order valence-corrected chi connectivity index (χ2v) is 5.74. The smallest absolute Gasteiger partial charge is 0.307 e. The number of H-pyrrole nitrogens is 1. The van der Waals surface area contributed by atoms with E-state index in [4.69, 9.17) is 5.73 Å². The van der Waals surface area contributed by atoms with Crippen molar-refractivity contribution in [1.29, 1.82) is 0 Å². The fourth-order valence-electron chi connectivity index (χ4n) is 2.47. The Morgan fingerprint density at radius 1 is 1.41 bits per heavy atom. The van der Waals surface area contributed by atoms with E-state index in [1.54, 1.807) is 18.3 Å². The van der Waals surface area contributed by atoms with E-state index in [9.17, 15) is 9.90 Å². The highest BCUT2D eigenvalue weighted by Gasteiger charge is 2.33. The summed E-state index contributed by atoms with van der Waals surface area (Å²) in [6.45, 7) is 3.98. The molecule has 0 aliphatic heterocycles. The minimum atomic E-state index is -0.862. The molecule has 0 saturated heterocycles. The molecule has 22 heavy (non-hydrogen) atoms. The van der Waals surface area contributed by atoms with Crippen molar-refractivity contribution in [2.75, 3.05) is 5.73 Å². The number of tetrazole rings is 1. The van der Waals surface area contributed by atoms with Crippen LogP contribution in [0.15, 0.2) is 18.3 Å². The zero-order valence-electron chi connectivity index (χ0n) is 12.6. The summed E-state index contributed by atoms with van der Waals surface area (Å²) >= 11 is 0. The van der Waals surface area contributed by atoms with Crippen molar-refractivity contribution < 1.29 is 9.90 Å². The van der Waals surface area contributed by atoms with Gasteiger partial charge in [0.1, 0.15) is 0 Å². The van der Waals surface area contributed by atoms with Gasteiger partial charge in [-0.1, -0.05) is 19.1 Å². The standard InChI is InChI=1S/C14H20N6O2/c1-8(2)5-12(14(21)22)11(13-17-19-20-18-13)6-10-4-3-9(15)7-16-10/h3-4,7-8,11-12H,5-6,15H2,1-2H3,(H,21,22)(H,17,18,19,20)/t11-,12-/m0/s1. The van der Waals surface area contributed by atoms with Crippen LogP contribution in [0.25, 0.3) is 0 Å². The number of carboxylic acid groups (broad SMARTS) is 1. The first kappa shape index (κ1) is 15.9. The molecule has 2 aromatic heterocycles. The van der Waals surface area contributed by atoms with Gasteiger partial charge in [0, 0.05) is 18.0 Å². The van der Waals surface area contributed by atoms with Crippen LogP contribution in [0, 0.1) is 11.8 Å². The Hall–Kier alpha value is -2.51. The van der Waals surface area contributed by atoms with E-state index < -0.39 is 17.8 Å². The number of carboxylic acids is 1. The number of pyridine rings is 1. The van der Waals surface area contributed by atoms with E-state index in [2.05, 4.69) is 25.6 Å². The summed E-state index contributed by atoms with van der Waals surface area (Å²) in [5.74, 6) is -1.22. The number of aromatic nitrogens is 5. The number of aromatic amines is 1. The zero-order valence-corrected chi connectivity index (χ0v) is 12.6. The Morgan fingerprint density at radius 2 is 2.18 bits per heavy atom. The lowest BCUT2D eigenvalue weighted by atomic mass is 9.82. The minimum absolute atomic E-state index is 0.245. The van der Waals surface area contributed by atoms with E-state index in [1.807, 2.05) is 13.8 Å². The number of aliphatic carboxylic acids is 1. The summed E-state index contributed by atoms with van der Waals surface area (Å²) in [4.78, 5) is 15.9. The molecule has 0 spiro atoms. The molecule has 0 aromatic carbocycles. The average Bonchev–Trinajstić information content (AvgIpc) is 2.98. The zero-order chi connectivity index (χ0) is 16.1. The SMILES string of the molecule is CC(C)C[C@H](C(=O)O)[C@H](Cc1ccc(N)cn1)c1nn[nH]n1. The normalized spacial score (nSPS) is 14.0. The Balaban J connectivity index is 2.29. The number of nitrogens with two attached hydrogens (primary N) is 1. The summed E-state index contributed by atoms with van der Waals surface area (Å²) in [5.41, 5.74) is 6.95. The molecular weight excluding hydrogens is 284 g/mol. The molecule has 0 fully saturated rings. The molecule has 0 aliphatic rings. The van der Waals surface area contributed by atoms with E-state index >= 15 is 0 Å². The number of nitrogen functional groups attached to an aromatic ring is 1. The van der Waals surface area contributed by atoms with Gasteiger partial charge >= 0.3 is 5.97 Å². The summed E-state index contributed by atoms with van der Waals surface area (Å²) in [6.07, 6.45) is 2.51. The largest absolute Gasteiger partial charge is 0.481 e. The highest BCUT2D eigenvalue weighted by Crippen LogP contribution is 2.30. The first-order valence-electron chi connectivity index (χ1n) is 7.14. The quantitative estimate of drug-likeness (QED) is 0.701. The van der Waals surface area contributed by atoms with Crippen molar-refractivity contribution in [3.63, 3.8) is 0 Å². The van der Waals surface area contributed by atoms with Crippen molar-refractivity contribution >= 4 is 11.7 Å². The number of rotatable bonds is 7. The molecule has 4 N–H and O–H groups in total. The van der Waals surface area contributed by atoms with Gasteiger partial charge in [0.05, 0.1) is 17.8 Å². The lowest BCUT2D eigenvalue weighted by Crippen LogP contribution is -2.26. The molecule has 2 heterocycles. The third-order valence-electron chi connectivity index (χ3n) is 3.50. The molecule has 8 heteroatoms. The maximum atomic E-state index is 11.7. The van der Waals surface area contributed by atoms with E-state index in [-0.39, 0.29) is 5.92 Å². The molecule has 0 unspecified atom stereocenters. The molecule has 0 radical (unpaired) electrons. The highest BCUT2D eigenvalue weighted by atomic mass is 16.4. The van der Waals surface area contributed by atoms with Gasteiger partial charge in [0.15, 0.2) is 5.82 Å². The number of nitrogens with zero attached hydrogens (tertiary/aromatic N) is 4. The fraction of sp³-hybridized carbons (Fsp3) is 0.500. The summed E-state index contributed by atoms with van der Waals surface area (Å²) in [6, 6.07) is 3.53. The van der Waals surface area contributed by atoms with Crippen molar-refractivity contribution in [3.8, 4) is 0 Å². The van der Waals surface area contributed by atoms with Crippen molar-refractivity contribution in [2.45, 2.75) is 32.6 Å². The minimum Gasteiger partial charge on any atom is -0.481 e. The molecular formula is C14H20N6O2. The second kappa shape index (κ2) is 6.97. The first-order chi connectivity index (χ1) is 10.5. The van der Waals surface area contributed by atoms with Crippen molar-refractivity contribution in [3.05, 3.63) is 29.8 Å². The number of anilines is 1. The lowest BCUT2D eigenvalue weighted by Gasteiger charge is -2.22. The van der Waals surface area contributed by atoms with Gasteiger partial charge in [-0.15, -0.1) is 10.2 Å². The van der Waals surface area contributed by atoms with Crippen LogP contribution in [0.3, 0.4) is 0 Å². The Labute approximate surface area is 128 Å². The number of carbonyl (C=O) groups is 1. The molecule has 8 nitrogen and oxygen atoms in total. The van der Waals surface area contributed by atoms with Crippen molar-refractivity contribution in [1.82, 2.24) is 25.6 Å². The Morgan fingerprint density at radius 3 is 2.68 bits per heavy atom. The fourth-order valence-corrected chi connectivity index (χ4v) is 2.47. The monoisotopic (exact) mass is 304 g/mol. The summed E-state index contributed by atoms with van der Waals surface area (Å²) in [7, 11) is 0. The van der Waals surface area contributed by atoms with Gasteiger partial charge in [0.2, 0.25) is 0 Å². The van der Waals surface area contributed by atoms with Gasteiger partial charge < -0.3 is 10.8 Å². The van der Waals surface area contributed by atoms with Crippen LogP contribution >= 0.6 is 0 Å². The van der Waals surface area contributed by atoms with Crippen LogP contribution in [-0.2, 0) is 11.2 Å². The number of nitrogens with one attached hydrogen (secondary N) is 1. The molecule has 0 amide bonds. The third kappa shape index (κ3) is 4.00. The molecule has 2 atom stereocenters. The van der Waals surface area contributed by atoms with Crippen molar-refractivity contribution in [2.24, 2.45) is 11.8 Å². The van der Waals surface area contributed by atoms with E-state index in [0.29, 0.717) is 24.4 Å². The van der Waals surface area contributed by atoms with Gasteiger partial charge in [-0.25, -0.2) is 0 Å². The molecule has 0 aliphatic carbocycles. The molecule has 0 bridgehead atoms. The second-order valence-electron chi connectivity index (χ2n) is 5.74. The average molecular weight is 304 g/mol. The van der Waals surface area contributed by atoms with E-state index in [1.165, 1.54) is 0 Å². The van der Waals surface area contributed by atoms with Gasteiger partial charge in [0.25, 0.3) is 0 Å². The van der Waals surface area contributed by atoms with Gasteiger partial charge in [-0.3, -0.25) is 9.78 Å². The predicted octanol–water partition coefficient (Wildman–Crippen LogP) is 1.25. The molecule has 2 aromatic rings. The van der Waals surface area contributed by atoms with E-state index in [0.717, 1.165) is 5.69 Å². The lowest BCUT2D eigenvalue weighted by molar-refractivity contribution is -0.143. The predicted molar refractivity (Wildman–Crippen MR) is 79.9 cm³/mol. The van der Waals surface area contributed by atoms with Crippen LogP contribution in [0.5, 0.6) is 0 Å². The van der Waals surface area contributed by atoms with Crippen LogP contribution in [0.2, 0.25) is 0 Å². The van der Waals surface area contributed by atoms with Crippen LogP contribution in [-0.4, -0.2) is 36.7 Å². The van der Waals surface area contributed by atoms with Gasteiger partial charge in [-0.2, -0.15) is 5.21 Å². The third-order valence-corrected chi connectivity index (χ3v) is 3.50. The molecule has 118 valence electrons. The van der Waals surface area contributed by atoms with Crippen LogP contribution in [0.4, 0.5) is 5.69 Å². The first-order valence-corrected chi connectivity index (χ1v) is 7.14. The topological polar surface area (TPSA) is 131 Å². The molecule has 0 saturated carbocycles. The maximum absolute atomic E-state index is 11.7. The van der Waals surface area contributed by atoms with Crippen LogP contribution in [0.1, 0.15) is 37.7 Å². The summed E-state index contributed by atoms with van der Waals surface area (Å²) in [5, 5.41) is 23.5. The number of hydrogen-bond acceptors (Lipinski definition) is 6. The van der Waals surface area contributed by atoms with Crippen LogP contribution < -0.4 is 5.73 Å². The Bertz CT molecular complexity index is 596. The van der Waals surface area contributed by atoms with Gasteiger partial charge in [-0.05, 0) is 24.5 Å². The maximum Gasteiger partial charge on any atom is 0.307 e. The number of hydrogen-bond donors (Lipinski definition) is 3. The molecule has 2 rings (SSSR count). The highest BCUT2D eigenvalue weighted by molar-refractivity contribution is 5.71. The Kier molecular flexibility index (Phi) is 5.03.